The monoisotopic (exact) mass is 238 g/mol. The quantitative estimate of drug-likeness (QED) is 0.855. The van der Waals surface area contributed by atoms with Crippen LogP contribution >= 0.6 is 11.8 Å². The van der Waals surface area contributed by atoms with Gasteiger partial charge in [0.25, 0.3) is 0 Å². The zero-order valence-electron chi connectivity index (χ0n) is 9.65. The Morgan fingerprint density at radius 3 is 2.69 bits per heavy atom. The van der Waals surface area contributed by atoms with Gasteiger partial charge in [0.1, 0.15) is 0 Å². The summed E-state index contributed by atoms with van der Waals surface area (Å²) in [4.78, 5) is 10.9. The molecule has 1 aliphatic rings. The van der Waals surface area contributed by atoms with Gasteiger partial charge in [-0.05, 0) is 12.5 Å². The van der Waals surface area contributed by atoms with Crippen molar-refractivity contribution in [1.29, 1.82) is 0 Å². The second kappa shape index (κ2) is 6.06. The number of rotatable bonds is 4. The lowest BCUT2D eigenvalue weighted by molar-refractivity contribution is 0.314. The molecule has 0 unspecified atom stereocenters. The minimum absolute atomic E-state index is 0.733. The zero-order valence-corrected chi connectivity index (χ0v) is 10.5. The largest absolute Gasteiger partial charge is 0.353 e. The zero-order chi connectivity index (χ0) is 11.2. The summed E-state index contributed by atoms with van der Waals surface area (Å²) in [5.41, 5.74) is 1.10. The molecule has 1 fully saturated rings. The van der Waals surface area contributed by atoms with Gasteiger partial charge in [-0.15, -0.1) is 0 Å². The van der Waals surface area contributed by atoms with Crippen LogP contribution in [0.5, 0.6) is 0 Å². The summed E-state index contributed by atoms with van der Waals surface area (Å²) in [7, 11) is 0. The van der Waals surface area contributed by atoms with Crippen molar-refractivity contribution in [2.75, 3.05) is 43.0 Å². The maximum atomic E-state index is 4.22. The SMILES string of the molecule is Cc1cnc(NCCN2CCSCC2)nc1. The van der Waals surface area contributed by atoms with Crippen LogP contribution in [0.1, 0.15) is 5.56 Å². The molecule has 1 aromatic heterocycles. The van der Waals surface area contributed by atoms with Crippen LogP contribution in [0.25, 0.3) is 0 Å². The van der Waals surface area contributed by atoms with Crippen LogP contribution in [0.15, 0.2) is 12.4 Å². The Kier molecular flexibility index (Phi) is 4.42. The van der Waals surface area contributed by atoms with E-state index in [4.69, 9.17) is 0 Å². The van der Waals surface area contributed by atoms with Gasteiger partial charge in [-0.25, -0.2) is 9.97 Å². The van der Waals surface area contributed by atoms with E-state index in [-0.39, 0.29) is 0 Å². The molecule has 2 rings (SSSR count). The first-order chi connectivity index (χ1) is 7.84. The molecule has 2 heterocycles. The van der Waals surface area contributed by atoms with Crippen LogP contribution in [0, 0.1) is 6.92 Å². The molecule has 0 bridgehead atoms. The molecular formula is C11H18N4S. The van der Waals surface area contributed by atoms with E-state index in [1.54, 1.807) is 0 Å². The van der Waals surface area contributed by atoms with Crippen molar-refractivity contribution in [3.63, 3.8) is 0 Å². The Hall–Kier alpha value is -0.810. The molecule has 0 aliphatic carbocycles. The topological polar surface area (TPSA) is 41.1 Å². The van der Waals surface area contributed by atoms with Crippen molar-refractivity contribution in [1.82, 2.24) is 14.9 Å². The standard InChI is InChI=1S/C11H18N4S/c1-10-8-13-11(14-9-10)12-2-3-15-4-6-16-7-5-15/h8-9H,2-7H2,1H3,(H,12,13,14). The van der Waals surface area contributed by atoms with E-state index < -0.39 is 0 Å². The molecule has 5 heteroatoms. The van der Waals surface area contributed by atoms with Gasteiger partial charge in [-0.1, -0.05) is 0 Å². The lowest BCUT2D eigenvalue weighted by Gasteiger charge is -2.25. The molecule has 1 aromatic rings. The number of nitrogens with zero attached hydrogens (tertiary/aromatic N) is 3. The van der Waals surface area contributed by atoms with E-state index in [1.807, 2.05) is 31.1 Å². The Bertz CT molecular complexity index is 308. The van der Waals surface area contributed by atoms with Crippen LogP contribution in [-0.2, 0) is 0 Å². The Morgan fingerprint density at radius 2 is 2.00 bits per heavy atom. The summed E-state index contributed by atoms with van der Waals surface area (Å²) < 4.78 is 0. The van der Waals surface area contributed by atoms with Crippen molar-refractivity contribution >= 4 is 17.7 Å². The molecule has 0 amide bonds. The first-order valence-corrected chi connectivity index (χ1v) is 6.83. The van der Waals surface area contributed by atoms with Gasteiger partial charge >= 0.3 is 0 Å². The third-order valence-electron chi connectivity index (χ3n) is 2.60. The second-order valence-electron chi connectivity index (χ2n) is 3.96. The number of anilines is 1. The number of aromatic nitrogens is 2. The maximum absolute atomic E-state index is 4.22. The highest BCUT2D eigenvalue weighted by molar-refractivity contribution is 7.99. The van der Waals surface area contributed by atoms with Crippen molar-refractivity contribution in [3.8, 4) is 0 Å². The van der Waals surface area contributed by atoms with Crippen LogP contribution in [0.4, 0.5) is 5.95 Å². The number of hydrogen-bond acceptors (Lipinski definition) is 5. The molecule has 1 aliphatic heterocycles. The molecule has 0 saturated carbocycles. The number of thioether (sulfide) groups is 1. The van der Waals surface area contributed by atoms with Gasteiger partial charge in [-0.2, -0.15) is 11.8 Å². The average Bonchev–Trinajstić information content (AvgIpc) is 2.33. The summed E-state index contributed by atoms with van der Waals surface area (Å²) in [6, 6.07) is 0. The predicted octanol–water partition coefficient (Wildman–Crippen LogP) is 1.25. The van der Waals surface area contributed by atoms with Gasteiger partial charge < -0.3 is 5.32 Å². The van der Waals surface area contributed by atoms with Crippen LogP contribution in [-0.4, -0.2) is 52.6 Å². The van der Waals surface area contributed by atoms with Crippen LogP contribution < -0.4 is 5.32 Å². The first-order valence-electron chi connectivity index (χ1n) is 5.67. The van der Waals surface area contributed by atoms with Crippen molar-refractivity contribution in [2.24, 2.45) is 0 Å². The fourth-order valence-electron chi connectivity index (χ4n) is 1.63. The summed E-state index contributed by atoms with van der Waals surface area (Å²) in [5, 5.41) is 3.25. The number of hydrogen-bond donors (Lipinski definition) is 1. The summed E-state index contributed by atoms with van der Waals surface area (Å²) >= 11 is 2.04. The molecule has 16 heavy (non-hydrogen) atoms. The van der Waals surface area contributed by atoms with Crippen LogP contribution in [0.2, 0.25) is 0 Å². The molecular weight excluding hydrogens is 220 g/mol. The fourth-order valence-corrected chi connectivity index (χ4v) is 2.61. The van der Waals surface area contributed by atoms with E-state index in [0.717, 1.165) is 24.6 Å². The van der Waals surface area contributed by atoms with Crippen molar-refractivity contribution in [3.05, 3.63) is 18.0 Å². The van der Waals surface area contributed by atoms with E-state index >= 15 is 0 Å². The fraction of sp³-hybridized carbons (Fsp3) is 0.636. The normalized spacial score (nSPS) is 17.3. The van der Waals surface area contributed by atoms with Gasteiger partial charge in [0.2, 0.25) is 5.95 Å². The van der Waals surface area contributed by atoms with E-state index in [0.29, 0.717) is 0 Å². The third kappa shape index (κ3) is 3.64. The molecule has 1 saturated heterocycles. The first kappa shape index (κ1) is 11.7. The summed E-state index contributed by atoms with van der Waals surface area (Å²) in [6.07, 6.45) is 3.68. The van der Waals surface area contributed by atoms with E-state index in [2.05, 4.69) is 20.2 Å². The highest BCUT2D eigenvalue weighted by Crippen LogP contribution is 2.08. The van der Waals surface area contributed by atoms with Crippen LogP contribution in [0.3, 0.4) is 0 Å². The smallest absolute Gasteiger partial charge is 0.222 e. The Labute approximate surface area is 101 Å². The van der Waals surface area contributed by atoms with E-state index in [9.17, 15) is 0 Å². The van der Waals surface area contributed by atoms with Gasteiger partial charge in [-0.3, -0.25) is 4.90 Å². The second-order valence-corrected chi connectivity index (χ2v) is 5.19. The molecule has 0 radical (unpaired) electrons. The summed E-state index contributed by atoms with van der Waals surface area (Å²) in [6.45, 7) is 6.42. The Morgan fingerprint density at radius 1 is 1.31 bits per heavy atom. The van der Waals surface area contributed by atoms with E-state index in [1.165, 1.54) is 24.6 Å². The number of aryl methyl sites for hydroxylation is 1. The minimum atomic E-state index is 0.733. The van der Waals surface area contributed by atoms with Gasteiger partial charge in [0.05, 0.1) is 0 Å². The maximum Gasteiger partial charge on any atom is 0.222 e. The predicted molar refractivity (Wildman–Crippen MR) is 69.0 cm³/mol. The molecule has 0 atom stereocenters. The Balaban J connectivity index is 1.69. The molecule has 0 aromatic carbocycles. The minimum Gasteiger partial charge on any atom is -0.353 e. The lowest BCUT2D eigenvalue weighted by Crippen LogP contribution is -2.36. The lowest BCUT2D eigenvalue weighted by atomic mass is 10.4. The average molecular weight is 238 g/mol. The molecule has 4 nitrogen and oxygen atoms in total. The van der Waals surface area contributed by atoms with Crippen molar-refractivity contribution in [2.45, 2.75) is 6.92 Å². The summed E-state index contributed by atoms with van der Waals surface area (Å²) in [5.74, 6) is 3.26. The molecule has 88 valence electrons. The van der Waals surface area contributed by atoms with Gasteiger partial charge in [0, 0.05) is 50.1 Å². The van der Waals surface area contributed by atoms with Gasteiger partial charge in [0.15, 0.2) is 0 Å². The molecule has 0 spiro atoms. The third-order valence-corrected chi connectivity index (χ3v) is 3.54. The van der Waals surface area contributed by atoms with Crippen molar-refractivity contribution < 1.29 is 0 Å². The highest BCUT2D eigenvalue weighted by Gasteiger charge is 2.09. The molecule has 1 N–H and O–H groups in total. The number of nitrogens with one attached hydrogen (secondary N) is 1. The highest BCUT2D eigenvalue weighted by atomic mass is 32.2.